The number of nitrogens with zero attached hydrogens (tertiary/aromatic N) is 2. The van der Waals surface area contributed by atoms with Gasteiger partial charge in [-0.1, -0.05) is 48.5 Å². The fourth-order valence-corrected chi connectivity index (χ4v) is 4.21. The molecule has 2 amide bonds. The van der Waals surface area contributed by atoms with Gasteiger partial charge in [0.05, 0.1) is 13.0 Å². The molecule has 1 saturated heterocycles. The lowest BCUT2D eigenvalue weighted by Crippen LogP contribution is -2.42. The van der Waals surface area contributed by atoms with Crippen LogP contribution in [0.25, 0.3) is 11.1 Å². The van der Waals surface area contributed by atoms with E-state index in [-0.39, 0.29) is 31.4 Å². The Morgan fingerprint density at radius 2 is 1.76 bits per heavy atom. The summed E-state index contributed by atoms with van der Waals surface area (Å²) in [5.41, 5.74) is 4.60. The van der Waals surface area contributed by atoms with Gasteiger partial charge in [0.15, 0.2) is 0 Å². The van der Waals surface area contributed by atoms with Gasteiger partial charge < -0.3 is 10.0 Å². The van der Waals surface area contributed by atoms with Gasteiger partial charge in [0, 0.05) is 19.0 Å². The molecule has 1 atom stereocenters. The number of likely N-dealkylation sites (tertiary alicyclic amines) is 1. The lowest BCUT2D eigenvalue weighted by Gasteiger charge is -2.25. The molecule has 0 aromatic heterocycles. The van der Waals surface area contributed by atoms with Crippen molar-refractivity contribution in [1.82, 2.24) is 9.96 Å². The van der Waals surface area contributed by atoms with Crippen LogP contribution in [0.5, 0.6) is 0 Å². The van der Waals surface area contributed by atoms with Crippen LogP contribution in [0.1, 0.15) is 29.9 Å². The molecule has 0 radical (unpaired) electrons. The maximum atomic E-state index is 12.6. The zero-order chi connectivity index (χ0) is 20.4. The zero-order valence-electron chi connectivity index (χ0n) is 15.9. The van der Waals surface area contributed by atoms with Gasteiger partial charge in [0.2, 0.25) is 12.3 Å². The molecule has 2 aliphatic rings. The van der Waals surface area contributed by atoms with E-state index in [9.17, 15) is 14.4 Å². The molecular weight excluding hydrogens is 372 g/mol. The summed E-state index contributed by atoms with van der Waals surface area (Å²) in [7, 11) is 0. The van der Waals surface area contributed by atoms with Crippen molar-refractivity contribution in [3.8, 4) is 11.1 Å². The molecule has 29 heavy (non-hydrogen) atoms. The second-order valence-corrected chi connectivity index (χ2v) is 7.26. The van der Waals surface area contributed by atoms with E-state index in [1.165, 1.54) is 4.90 Å². The predicted molar refractivity (Wildman–Crippen MR) is 105 cm³/mol. The Kier molecular flexibility index (Phi) is 5.31. The number of carbonyl (C=O) groups excluding carboxylic acids is 2. The van der Waals surface area contributed by atoms with Crippen LogP contribution in [0.3, 0.4) is 0 Å². The van der Waals surface area contributed by atoms with Crippen LogP contribution in [-0.4, -0.2) is 59.1 Å². The average molecular weight is 394 g/mol. The number of hydroxylamine groups is 2. The Morgan fingerprint density at radius 1 is 1.14 bits per heavy atom. The van der Waals surface area contributed by atoms with Crippen molar-refractivity contribution >= 4 is 18.3 Å². The topological polar surface area (TPSA) is 87.2 Å². The number of carboxylic acids is 1. The summed E-state index contributed by atoms with van der Waals surface area (Å²) in [4.78, 5) is 42.3. The Bertz CT molecular complexity index is 899. The third-order valence-electron chi connectivity index (χ3n) is 5.63. The first-order valence-electron chi connectivity index (χ1n) is 9.65. The summed E-state index contributed by atoms with van der Waals surface area (Å²) < 4.78 is 0. The number of rotatable bonds is 8. The van der Waals surface area contributed by atoms with E-state index in [0.29, 0.717) is 19.4 Å². The van der Waals surface area contributed by atoms with E-state index >= 15 is 0 Å². The minimum atomic E-state index is -0.955. The number of hydrogen-bond donors (Lipinski definition) is 1. The third-order valence-corrected chi connectivity index (χ3v) is 5.63. The monoisotopic (exact) mass is 394 g/mol. The van der Waals surface area contributed by atoms with Crippen LogP contribution in [0.2, 0.25) is 0 Å². The number of carboxylic acid groups (broad SMARTS) is 1. The first-order chi connectivity index (χ1) is 14.1. The standard InChI is InChI=1S/C22H22N2O5/c25-14-24(20-9-11-23(22(20)28)12-10-21(26)27)29-13-19-17-7-3-1-5-15(17)16-6-2-4-8-18(16)19/h1-8,14,19-20H,9-13H2,(H,26,27)/t20-/m1/s1. The molecular formula is C22H22N2O5. The maximum Gasteiger partial charge on any atom is 0.305 e. The van der Waals surface area contributed by atoms with Gasteiger partial charge in [-0.3, -0.25) is 19.2 Å². The quantitative estimate of drug-likeness (QED) is 0.548. The largest absolute Gasteiger partial charge is 0.481 e. The Hall–Kier alpha value is -3.19. The van der Waals surface area contributed by atoms with Gasteiger partial charge in [0.1, 0.15) is 6.04 Å². The van der Waals surface area contributed by atoms with Crippen molar-refractivity contribution in [2.45, 2.75) is 24.8 Å². The summed E-state index contributed by atoms with van der Waals surface area (Å²) in [6, 6.07) is 15.5. The number of carbonyl (C=O) groups is 3. The highest BCUT2D eigenvalue weighted by atomic mass is 16.7. The fourth-order valence-electron chi connectivity index (χ4n) is 4.21. The van der Waals surface area contributed by atoms with E-state index in [1.54, 1.807) is 0 Å². The second-order valence-electron chi connectivity index (χ2n) is 7.26. The van der Waals surface area contributed by atoms with E-state index in [2.05, 4.69) is 24.3 Å². The first-order valence-corrected chi connectivity index (χ1v) is 9.65. The van der Waals surface area contributed by atoms with E-state index in [4.69, 9.17) is 9.94 Å². The molecule has 1 fully saturated rings. The number of benzene rings is 2. The van der Waals surface area contributed by atoms with Gasteiger partial charge in [-0.15, -0.1) is 0 Å². The van der Waals surface area contributed by atoms with Crippen molar-refractivity contribution in [2.24, 2.45) is 0 Å². The summed E-state index contributed by atoms with van der Waals surface area (Å²) in [5.74, 6) is -1.25. The predicted octanol–water partition coefficient (Wildman–Crippen LogP) is 2.26. The summed E-state index contributed by atoms with van der Waals surface area (Å²) >= 11 is 0. The molecule has 1 aliphatic heterocycles. The first kappa shape index (κ1) is 19.1. The van der Waals surface area contributed by atoms with E-state index in [0.717, 1.165) is 27.3 Å². The van der Waals surface area contributed by atoms with Gasteiger partial charge in [-0.25, -0.2) is 5.06 Å². The molecule has 0 spiro atoms. The summed E-state index contributed by atoms with van der Waals surface area (Å²) in [5, 5.41) is 9.91. The molecule has 0 saturated carbocycles. The SMILES string of the molecule is O=CN(OCC1c2ccccc2-c2ccccc21)[C@@H]1CCN(CCC(=O)O)C1=O. The van der Waals surface area contributed by atoms with Gasteiger partial charge >= 0.3 is 5.97 Å². The number of fused-ring (bicyclic) bond motifs is 3. The average Bonchev–Trinajstić information content (AvgIpc) is 3.25. The molecule has 0 unspecified atom stereocenters. The lowest BCUT2D eigenvalue weighted by atomic mass is 9.98. The molecule has 4 rings (SSSR count). The Morgan fingerprint density at radius 3 is 2.34 bits per heavy atom. The lowest BCUT2D eigenvalue weighted by molar-refractivity contribution is -0.190. The van der Waals surface area contributed by atoms with Crippen LogP contribution >= 0.6 is 0 Å². The molecule has 1 heterocycles. The minimum absolute atomic E-state index is 0.0236. The fraction of sp³-hybridized carbons (Fsp3) is 0.318. The number of amides is 2. The molecule has 7 heteroatoms. The highest BCUT2D eigenvalue weighted by Gasteiger charge is 2.37. The molecule has 1 N–H and O–H groups in total. The van der Waals surface area contributed by atoms with Crippen LogP contribution in [0, 0.1) is 0 Å². The van der Waals surface area contributed by atoms with Gasteiger partial charge in [-0.05, 0) is 28.7 Å². The maximum absolute atomic E-state index is 12.6. The van der Waals surface area contributed by atoms with Crippen molar-refractivity contribution < 1.29 is 24.3 Å². The summed E-state index contributed by atoms with van der Waals surface area (Å²) in [6.07, 6.45) is 0.848. The van der Waals surface area contributed by atoms with Crippen LogP contribution < -0.4 is 0 Å². The van der Waals surface area contributed by atoms with E-state index < -0.39 is 12.0 Å². The van der Waals surface area contributed by atoms with Crippen molar-refractivity contribution in [3.05, 3.63) is 59.7 Å². The highest BCUT2D eigenvalue weighted by Crippen LogP contribution is 2.44. The van der Waals surface area contributed by atoms with Crippen LogP contribution in [-0.2, 0) is 19.2 Å². The van der Waals surface area contributed by atoms with Crippen molar-refractivity contribution in [2.75, 3.05) is 19.7 Å². The molecule has 1 aliphatic carbocycles. The molecule has 2 aromatic carbocycles. The minimum Gasteiger partial charge on any atom is -0.481 e. The van der Waals surface area contributed by atoms with Crippen molar-refractivity contribution in [3.63, 3.8) is 0 Å². The number of aliphatic carboxylic acids is 1. The molecule has 150 valence electrons. The smallest absolute Gasteiger partial charge is 0.305 e. The number of hydrogen-bond acceptors (Lipinski definition) is 4. The highest BCUT2D eigenvalue weighted by molar-refractivity contribution is 5.85. The molecule has 7 nitrogen and oxygen atoms in total. The van der Waals surface area contributed by atoms with Crippen LogP contribution in [0.4, 0.5) is 0 Å². The van der Waals surface area contributed by atoms with Gasteiger partial charge in [0.25, 0.3) is 0 Å². The molecule has 2 aromatic rings. The Balaban J connectivity index is 1.46. The third kappa shape index (κ3) is 3.61. The van der Waals surface area contributed by atoms with Crippen LogP contribution in [0.15, 0.2) is 48.5 Å². The van der Waals surface area contributed by atoms with Crippen molar-refractivity contribution in [1.29, 1.82) is 0 Å². The zero-order valence-corrected chi connectivity index (χ0v) is 15.9. The molecule has 0 bridgehead atoms. The second kappa shape index (κ2) is 8.05. The summed E-state index contributed by atoms with van der Waals surface area (Å²) in [6.45, 7) is 0.798. The Labute approximate surface area is 168 Å². The van der Waals surface area contributed by atoms with E-state index in [1.807, 2.05) is 24.3 Å². The normalized spacial score (nSPS) is 17.9. The van der Waals surface area contributed by atoms with Gasteiger partial charge in [-0.2, -0.15) is 0 Å².